The van der Waals surface area contributed by atoms with E-state index >= 15 is 0 Å². The molecule has 1 amide bonds. The lowest BCUT2D eigenvalue weighted by molar-refractivity contribution is -0.149. The van der Waals surface area contributed by atoms with Gasteiger partial charge in [-0.25, -0.2) is 4.98 Å². The van der Waals surface area contributed by atoms with Gasteiger partial charge in [0, 0.05) is 19.5 Å². The van der Waals surface area contributed by atoms with Gasteiger partial charge in [-0.3, -0.25) is 9.59 Å². The Bertz CT molecular complexity index is 1000. The number of benzene rings is 2. The lowest BCUT2D eigenvalue weighted by atomic mass is 9.97. The predicted octanol–water partition coefficient (Wildman–Crippen LogP) is 3.04. The summed E-state index contributed by atoms with van der Waals surface area (Å²) in [6, 6.07) is 18.1. The summed E-state index contributed by atoms with van der Waals surface area (Å²) >= 11 is 0. The van der Waals surface area contributed by atoms with Crippen molar-refractivity contribution in [3.8, 4) is 0 Å². The number of ether oxygens (including phenoxy) is 1. The molecule has 1 aliphatic rings. The number of piperidine rings is 1. The SMILES string of the molecule is COC(=O)C1CCN(C(=O)Cn2c(Cc3ccccc3)nc3ccccc32)CC1. The third-order valence-corrected chi connectivity index (χ3v) is 5.61. The van der Waals surface area contributed by atoms with Crippen molar-refractivity contribution in [2.75, 3.05) is 20.2 Å². The fourth-order valence-electron chi connectivity index (χ4n) is 3.98. The molecule has 29 heavy (non-hydrogen) atoms. The van der Waals surface area contributed by atoms with Crippen LogP contribution in [0.3, 0.4) is 0 Å². The first-order chi connectivity index (χ1) is 14.2. The maximum absolute atomic E-state index is 13.0. The topological polar surface area (TPSA) is 64.4 Å². The number of aromatic nitrogens is 2. The molecule has 1 saturated heterocycles. The summed E-state index contributed by atoms with van der Waals surface area (Å²) in [4.78, 5) is 31.4. The molecule has 2 aromatic carbocycles. The zero-order chi connectivity index (χ0) is 20.2. The number of methoxy groups -OCH3 is 1. The smallest absolute Gasteiger partial charge is 0.308 e. The fourth-order valence-corrected chi connectivity index (χ4v) is 3.98. The number of carbonyl (C=O) groups is 2. The Kier molecular flexibility index (Phi) is 5.60. The Labute approximate surface area is 170 Å². The summed E-state index contributed by atoms with van der Waals surface area (Å²) in [5.74, 6) is 0.663. The molecule has 0 spiro atoms. The number of fused-ring (bicyclic) bond motifs is 1. The van der Waals surface area contributed by atoms with Crippen LogP contribution in [0.5, 0.6) is 0 Å². The molecule has 6 heteroatoms. The molecule has 1 fully saturated rings. The minimum Gasteiger partial charge on any atom is -0.469 e. The van der Waals surface area contributed by atoms with Crippen molar-refractivity contribution in [3.63, 3.8) is 0 Å². The van der Waals surface area contributed by atoms with Crippen LogP contribution < -0.4 is 0 Å². The molecular formula is C23H25N3O3. The zero-order valence-corrected chi connectivity index (χ0v) is 16.6. The molecular weight excluding hydrogens is 366 g/mol. The van der Waals surface area contributed by atoms with Gasteiger partial charge in [0.05, 0.1) is 24.1 Å². The van der Waals surface area contributed by atoms with E-state index in [1.165, 1.54) is 7.11 Å². The van der Waals surface area contributed by atoms with E-state index in [0.29, 0.717) is 32.4 Å². The summed E-state index contributed by atoms with van der Waals surface area (Å²) < 4.78 is 6.86. The second-order valence-electron chi connectivity index (χ2n) is 7.44. The van der Waals surface area contributed by atoms with Gasteiger partial charge in [-0.15, -0.1) is 0 Å². The average molecular weight is 391 g/mol. The highest BCUT2D eigenvalue weighted by molar-refractivity contribution is 5.81. The number of esters is 1. The molecule has 0 aliphatic carbocycles. The molecule has 0 bridgehead atoms. The summed E-state index contributed by atoms with van der Waals surface area (Å²) in [7, 11) is 1.41. The lowest BCUT2D eigenvalue weighted by Crippen LogP contribution is -2.42. The van der Waals surface area contributed by atoms with Crippen molar-refractivity contribution in [1.82, 2.24) is 14.5 Å². The number of para-hydroxylation sites is 2. The van der Waals surface area contributed by atoms with Gasteiger partial charge in [0.25, 0.3) is 0 Å². The number of rotatable bonds is 5. The molecule has 2 heterocycles. The highest BCUT2D eigenvalue weighted by atomic mass is 16.5. The van der Waals surface area contributed by atoms with Crippen LogP contribution >= 0.6 is 0 Å². The predicted molar refractivity (Wildman–Crippen MR) is 110 cm³/mol. The summed E-state index contributed by atoms with van der Waals surface area (Å²) in [5, 5.41) is 0. The number of nitrogens with zero attached hydrogens (tertiary/aromatic N) is 3. The van der Waals surface area contributed by atoms with Gasteiger partial charge in [0.15, 0.2) is 0 Å². The molecule has 4 rings (SSSR count). The molecule has 150 valence electrons. The van der Waals surface area contributed by atoms with Gasteiger partial charge in [0.2, 0.25) is 5.91 Å². The van der Waals surface area contributed by atoms with Crippen LogP contribution in [0.25, 0.3) is 11.0 Å². The maximum atomic E-state index is 13.0. The molecule has 6 nitrogen and oxygen atoms in total. The second kappa shape index (κ2) is 8.47. The van der Waals surface area contributed by atoms with Crippen LogP contribution in [0.1, 0.15) is 24.2 Å². The van der Waals surface area contributed by atoms with Gasteiger partial charge in [-0.2, -0.15) is 0 Å². The van der Waals surface area contributed by atoms with Crippen LogP contribution in [0.2, 0.25) is 0 Å². The van der Waals surface area contributed by atoms with Crippen LogP contribution in [-0.4, -0.2) is 46.5 Å². The van der Waals surface area contributed by atoms with E-state index in [9.17, 15) is 9.59 Å². The van der Waals surface area contributed by atoms with Gasteiger partial charge in [-0.1, -0.05) is 42.5 Å². The van der Waals surface area contributed by atoms with Crippen molar-refractivity contribution in [2.24, 2.45) is 5.92 Å². The van der Waals surface area contributed by atoms with Gasteiger partial charge < -0.3 is 14.2 Å². The van der Waals surface area contributed by atoms with Gasteiger partial charge >= 0.3 is 5.97 Å². The molecule has 0 unspecified atom stereocenters. The van der Waals surface area contributed by atoms with Gasteiger partial charge in [0.1, 0.15) is 12.4 Å². The Hall–Kier alpha value is -3.15. The van der Waals surface area contributed by atoms with Crippen molar-refractivity contribution >= 4 is 22.9 Å². The molecule has 0 atom stereocenters. The summed E-state index contributed by atoms with van der Waals surface area (Å²) in [6.45, 7) is 1.42. The van der Waals surface area contributed by atoms with Crippen LogP contribution in [0.4, 0.5) is 0 Å². The normalized spacial score (nSPS) is 14.9. The quantitative estimate of drug-likeness (QED) is 0.627. The van der Waals surface area contributed by atoms with Crippen LogP contribution in [-0.2, 0) is 27.3 Å². The largest absolute Gasteiger partial charge is 0.469 e. The number of hydrogen-bond donors (Lipinski definition) is 0. The van der Waals surface area contributed by atoms with E-state index in [1.807, 2.05) is 51.9 Å². The highest BCUT2D eigenvalue weighted by Gasteiger charge is 2.28. The third-order valence-electron chi connectivity index (χ3n) is 5.61. The number of likely N-dealkylation sites (tertiary alicyclic amines) is 1. The van der Waals surface area contributed by atoms with Crippen molar-refractivity contribution in [3.05, 3.63) is 66.0 Å². The molecule has 1 aliphatic heterocycles. The number of carbonyl (C=O) groups excluding carboxylic acids is 2. The number of amides is 1. The Balaban J connectivity index is 1.53. The second-order valence-corrected chi connectivity index (χ2v) is 7.44. The lowest BCUT2D eigenvalue weighted by Gasteiger charge is -2.31. The molecule has 0 saturated carbocycles. The molecule has 1 aromatic heterocycles. The van der Waals surface area contributed by atoms with E-state index in [2.05, 4.69) is 12.1 Å². The standard InChI is InChI=1S/C23H25N3O3/c1-29-23(28)18-11-13-25(14-12-18)22(27)16-26-20-10-6-5-9-19(20)24-21(26)15-17-7-3-2-4-8-17/h2-10,18H,11-16H2,1H3. The first kappa shape index (κ1) is 19.2. The van der Waals surface area contributed by atoms with E-state index < -0.39 is 0 Å². The highest BCUT2D eigenvalue weighted by Crippen LogP contribution is 2.21. The number of imidazole rings is 1. The number of hydrogen-bond acceptors (Lipinski definition) is 4. The summed E-state index contributed by atoms with van der Waals surface area (Å²) in [5.41, 5.74) is 3.03. The molecule has 0 N–H and O–H groups in total. The van der Waals surface area contributed by atoms with E-state index in [1.54, 1.807) is 0 Å². The van der Waals surface area contributed by atoms with Gasteiger partial charge in [-0.05, 0) is 30.5 Å². The first-order valence-corrected chi connectivity index (χ1v) is 9.99. The molecule has 0 radical (unpaired) electrons. The Morgan fingerprint density at radius 3 is 2.45 bits per heavy atom. The Morgan fingerprint density at radius 2 is 1.72 bits per heavy atom. The summed E-state index contributed by atoms with van der Waals surface area (Å²) in [6.07, 6.45) is 1.98. The van der Waals surface area contributed by atoms with Crippen molar-refractivity contribution in [2.45, 2.75) is 25.8 Å². The average Bonchev–Trinajstić information content (AvgIpc) is 3.11. The van der Waals surface area contributed by atoms with Crippen LogP contribution in [0.15, 0.2) is 54.6 Å². The monoisotopic (exact) mass is 391 g/mol. The van der Waals surface area contributed by atoms with Crippen molar-refractivity contribution in [1.29, 1.82) is 0 Å². The Morgan fingerprint density at radius 1 is 1.03 bits per heavy atom. The minimum absolute atomic E-state index is 0.0609. The van der Waals surface area contributed by atoms with E-state index in [4.69, 9.17) is 9.72 Å². The van der Waals surface area contributed by atoms with E-state index in [-0.39, 0.29) is 24.3 Å². The van der Waals surface area contributed by atoms with Crippen molar-refractivity contribution < 1.29 is 14.3 Å². The zero-order valence-electron chi connectivity index (χ0n) is 16.6. The molecule has 3 aromatic rings. The van der Waals surface area contributed by atoms with E-state index in [0.717, 1.165) is 22.4 Å². The minimum atomic E-state index is -0.178. The first-order valence-electron chi connectivity index (χ1n) is 9.99. The third kappa shape index (κ3) is 4.16. The maximum Gasteiger partial charge on any atom is 0.308 e. The van der Waals surface area contributed by atoms with Crippen LogP contribution in [0, 0.1) is 5.92 Å². The fraction of sp³-hybridized carbons (Fsp3) is 0.348.